The third kappa shape index (κ3) is 2.63. The molecule has 0 spiro atoms. The summed E-state index contributed by atoms with van der Waals surface area (Å²) >= 11 is 0. The van der Waals surface area contributed by atoms with Crippen molar-refractivity contribution in [2.24, 2.45) is 14.1 Å². The summed E-state index contributed by atoms with van der Waals surface area (Å²) in [5.74, 6) is 0.842. The molecule has 0 saturated heterocycles. The normalized spacial score (nSPS) is 11.3. The van der Waals surface area contributed by atoms with Crippen molar-refractivity contribution in [2.75, 3.05) is 0 Å². The molecular weight excluding hydrogens is 326 g/mol. The van der Waals surface area contributed by atoms with Gasteiger partial charge in [-0.3, -0.25) is 14.1 Å². The molecule has 4 aromatic rings. The molecule has 0 N–H and O–H groups in total. The molecule has 0 radical (unpaired) electrons. The SMILES string of the molecule is CCc1ccc(-c2nccn2Cc2ccc3c(c2)n(C)c(=O)n3C)nc1. The number of hydrogen-bond donors (Lipinski definition) is 0. The van der Waals surface area contributed by atoms with Crippen LogP contribution < -0.4 is 5.69 Å². The molecule has 0 amide bonds. The van der Waals surface area contributed by atoms with Crippen LogP contribution in [0.4, 0.5) is 0 Å². The van der Waals surface area contributed by atoms with Gasteiger partial charge in [0, 0.05) is 39.2 Å². The van der Waals surface area contributed by atoms with Crippen molar-refractivity contribution < 1.29 is 0 Å². The number of imidazole rings is 2. The van der Waals surface area contributed by atoms with Crippen LogP contribution >= 0.6 is 0 Å². The number of benzene rings is 1. The maximum absolute atomic E-state index is 12.1. The van der Waals surface area contributed by atoms with E-state index in [0.29, 0.717) is 6.54 Å². The summed E-state index contributed by atoms with van der Waals surface area (Å²) in [4.78, 5) is 21.1. The lowest BCUT2D eigenvalue weighted by molar-refractivity contribution is 0.793. The van der Waals surface area contributed by atoms with Gasteiger partial charge in [-0.15, -0.1) is 0 Å². The number of pyridine rings is 1. The maximum Gasteiger partial charge on any atom is 0.328 e. The Morgan fingerprint density at radius 3 is 2.46 bits per heavy atom. The van der Waals surface area contributed by atoms with Crippen molar-refractivity contribution >= 4 is 11.0 Å². The summed E-state index contributed by atoms with van der Waals surface area (Å²) in [5.41, 5.74) is 5.04. The minimum Gasteiger partial charge on any atom is -0.325 e. The molecule has 0 atom stereocenters. The van der Waals surface area contributed by atoms with E-state index in [1.807, 2.05) is 24.5 Å². The first-order chi connectivity index (χ1) is 12.6. The molecular formula is C20H21N5O. The van der Waals surface area contributed by atoms with Gasteiger partial charge in [0.1, 0.15) is 5.69 Å². The number of fused-ring (bicyclic) bond motifs is 1. The molecule has 1 aromatic carbocycles. The van der Waals surface area contributed by atoms with Crippen LogP contribution in [0.15, 0.2) is 53.7 Å². The topological polar surface area (TPSA) is 57.6 Å². The second-order valence-corrected chi connectivity index (χ2v) is 6.51. The molecule has 3 heterocycles. The Morgan fingerprint density at radius 1 is 0.962 bits per heavy atom. The summed E-state index contributed by atoms with van der Waals surface area (Å²) in [7, 11) is 3.60. The highest BCUT2D eigenvalue weighted by Gasteiger charge is 2.11. The van der Waals surface area contributed by atoms with E-state index in [-0.39, 0.29) is 5.69 Å². The molecule has 0 saturated carbocycles. The Hall–Kier alpha value is -3.15. The minimum atomic E-state index is -0.0133. The summed E-state index contributed by atoms with van der Waals surface area (Å²) in [6.07, 6.45) is 6.62. The molecule has 0 fully saturated rings. The van der Waals surface area contributed by atoms with Crippen molar-refractivity contribution in [2.45, 2.75) is 19.9 Å². The first kappa shape index (κ1) is 16.3. The third-order valence-electron chi connectivity index (χ3n) is 4.87. The van der Waals surface area contributed by atoms with Crippen molar-refractivity contribution in [1.29, 1.82) is 0 Å². The minimum absolute atomic E-state index is 0.0133. The van der Waals surface area contributed by atoms with Crippen LogP contribution in [0, 0.1) is 0 Å². The fourth-order valence-corrected chi connectivity index (χ4v) is 3.28. The zero-order chi connectivity index (χ0) is 18.3. The van der Waals surface area contributed by atoms with Gasteiger partial charge in [0.05, 0.1) is 11.0 Å². The van der Waals surface area contributed by atoms with Gasteiger partial charge in [-0.2, -0.15) is 0 Å². The molecule has 0 bridgehead atoms. The van der Waals surface area contributed by atoms with Crippen molar-refractivity contribution in [1.82, 2.24) is 23.7 Å². The molecule has 0 unspecified atom stereocenters. The summed E-state index contributed by atoms with van der Waals surface area (Å²) in [5, 5.41) is 0. The quantitative estimate of drug-likeness (QED) is 0.570. The number of aryl methyl sites for hydroxylation is 3. The van der Waals surface area contributed by atoms with Crippen molar-refractivity contribution in [3.8, 4) is 11.5 Å². The van der Waals surface area contributed by atoms with Crippen LogP contribution in [0.5, 0.6) is 0 Å². The van der Waals surface area contributed by atoms with E-state index in [2.05, 4.69) is 39.7 Å². The van der Waals surface area contributed by atoms with Gasteiger partial charge in [-0.05, 0) is 35.7 Å². The standard InChI is InChI=1S/C20H21N5O/c1-4-14-5-7-16(22-12-14)19-21-9-10-25(19)13-15-6-8-17-18(11-15)24(3)20(26)23(17)2/h5-12H,4,13H2,1-3H3. The highest BCUT2D eigenvalue weighted by Crippen LogP contribution is 2.19. The second-order valence-electron chi connectivity index (χ2n) is 6.51. The van der Waals surface area contributed by atoms with Crippen LogP contribution in [-0.2, 0) is 27.1 Å². The van der Waals surface area contributed by atoms with E-state index < -0.39 is 0 Å². The van der Waals surface area contributed by atoms with Crippen molar-refractivity contribution in [3.05, 3.63) is 70.5 Å². The number of hydrogen-bond acceptors (Lipinski definition) is 3. The molecule has 26 heavy (non-hydrogen) atoms. The van der Waals surface area contributed by atoms with Crippen LogP contribution in [0.2, 0.25) is 0 Å². The van der Waals surface area contributed by atoms with E-state index >= 15 is 0 Å². The van der Waals surface area contributed by atoms with Gasteiger partial charge in [0.25, 0.3) is 0 Å². The Labute approximate surface area is 151 Å². The van der Waals surface area contributed by atoms with Crippen LogP contribution in [-0.4, -0.2) is 23.7 Å². The van der Waals surface area contributed by atoms with Crippen LogP contribution in [0.1, 0.15) is 18.1 Å². The Balaban J connectivity index is 1.70. The number of rotatable bonds is 4. The summed E-state index contributed by atoms with van der Waals surface area (Å²) in [6.45, 7) is 2.79. The fraction of sp³-hybridized carbons (Fsp3) is 0.250. The Bertz CT molecular complexity index is 1130. The van der Waals surface area contributed by atoms with E-state index in [9.17, 15) is 4.79 Å². The lowest BCUT2D eigenvalue weighted by Gasteiger charge is -2.09. The average Bonchev–Trinajstić information content (AvgIpc) is 3.21. The van der Waals surface area contributed by atoms with Gasteiger partial charge >= 0.3 is 5.69 Å². The van der Waals surface area contributed by atoms with Crippen LogP contribution in [0.25, 0.3) is 22.6 Å². The molecule has 6 nitrogen and oxygen atoms in total. The second kappa shape index (κ2) is 6.29. The largest absolute Gasteiger partial charge is 0.328 e. The number of aromatic nitrogens is 5. The van der Waals surface area contributed by atoms with E-state index in [1.54, 1.807) is 29.4 Å². The Kier molecular flexibility index (Phi) is 3.95. The zero-order valence-corrected chi connectivity index (χ0v) is 15.2. The highest BCUT2D eigenvalue weighted by atomic mass is 16.1. The molecule has 3 aromatic heterocycles. The fourth-order valence-electron chi connectivity index (χ4n) is 3.28. The maximum atomic E-state index is 12.1. The lowest BCUT2D eigenvalue weighted by Crippen LogP contribution is -2.19. The molecule has 132 valence electrons. The van der Waals surface area contributed by atoms with Crippen molar-refractivity contribution in [3.63, 3.8) is 0 Å². The molecule has 0 aliphatic carbocycles. The average molecular weight is 347 g/mol. The molecule has 0 aliphatic heterocycles. The van der Waals surface area contributed by atoms with Gasteiger partial charge in [0.15, 0.2) is 5.82 Å². The molecule has 6 heteroatoms. The van der Waals surface area contributed by atoms with Gasteiger partial charge < -0.3 is 4.57 Å². The number of nitrogens with zero attached hydrogens (tertiary/aromatic N) is 5. The first-order valence-electron chi connectivity index (χ1n) is 8.69. The Morgan fingerprint density at radius 2 is 1.73 bits per heavy atom. The van der Waals surface area contributed by atoms with E-state index in [1.165, 1.54) is 5.56 Å². The monoisotopic (exact) mass is 347 g/mol. The van der Waals surface area contributed by atoms with Gasteiger partial charge in [-0.1, -0.05) is 19.1 Å². The van der Waals surface area contributed by atoms with Gasteiger partial charge in [0.2, 0.25) is 0 Å². The predicted octanol–water partition coefficient (Wildman–Crippen LogP) is 2.75. The van der Waals surface area contributed by atoms with E-state index in [0.717, 1.165) is 34.5 Å². The van der Waals surface area contributed by atoms with E-state index in [4.69, 9.17) is 0 Å². The predicted molar refractivity (Wildman–Crippen MR) is 102 cm³/mol. The summed E-state index contributed by atoms with van der Waals surface area (Å²) in [6, 6.07) is 10.2. The summed E-state index contributed by atoms with van der Waals surface area (Å²) < 4.78 is 5.43. The van der Waals surface area contributed by atoms with Gasteiger partial charge in [-0.25, -0.2) is 9.78 Å². The molecule has 0 aliphatic rings. The third-order valence-corrected chi connectivity index (χ3v) is 4.87. The lowest BCUT2D eigenvalue weighted by atomic mass is 10.2. The molecule has 4 rings (SSSR count). The zero-order valence-electron chi connectivity index (χ0n) is 15.2. The first-order valence-corrected chi connectivity index (χ1v) is 8.69. The van der Waals surface area contributed by atoms with Crippen LogP contribution in [0.3, 0.4) is 0 Å². The smallest absolute Gasteiger partial charge is 0.325 e. The highest BCUT2D eigenvalue weighted by molar-refractivity contribution is 5.76.